The number of benzene rings is 4. The molecule has 1 aliphatic carbocycles. The fourth-order valence-electron chi connectivity index (χ4n) is 6.31. The zero-order chi connectivity index (χ0) is 29.3. The first kappa shape index (κ1) is 26.6. The van der Waals surface area contributed by atoms with Crippen molar-refractivity contribution in [3.8, 4) is 0 Å². The molecule has 0 radical (unpaired) electrons. The van der Waals surface area contributed by atoms with Crippen LogP contribution in [-0.4, -0.2) is 5.66 Å². The van der Waals surface area contributed by atoms with Gasteiger partial charge < -0.3 is 9.80 Å². The number of halogens is 6. The number of hydrogen-bond donors (Lipinski definition) is 0. The molecule has 1 saturated carbocycles. The zero-order valence-electron chi connectivity index (χ0n) is 22.2. The van der Waals surface area contributed by atoms with E-state index in [-0.39, 0.29) is 0 Å². The van der Waals surface area contributed by atoms with Gasteiger partial charge in [0.05, 0.1) is 44.6 Å². The van der Waals surface area contributed by atoms with E-state index in [9.17, 15) is 26.3 Å². The third-order valence-corrected chi connectivity index (χ3v) is 8.22. The molecule has 2 aliphatic heterocycles. The number of rotatable bonds is 2. The van der Waals surface area contributed by atoms with Gasteiger partial charge in [0.2, 0.25) is 0 Å². The Labute approximate surface area is 237 Å². The molecule has 42 heavy (non-hydrogen) atoms. The molecule has 1 fully saturated rings. The molecule has 0 amide bonds. The monoisotopic (exact) mass is 578 g/mol. The predicted octanol–water partition coefficient (Wildman–Crippen LogP) is 8.89. The maximum Gasteiger partial charge on any atom is 0.416 e. The molecule has 0 aromatic heterocycles. The Morgan fingerprint density at radius 2 is 1.17 bits per heavy atom. The SMILES string of the molecule is FC(F)(F)c1ccc(N2c3ccccc3N=c3cc4c(cc32)=NC2(CCCCC2)N4c2ccc(C(F)(F)F)cc2)cc1. The molecule has 214 valence electrons. The largest absolute Gasteiger partial charge is 0.416 e. The molecule has 10 heteroatoms. The van der Waals surface area contributed by atoms with Gasteiger partial charge in [0, 0.05) is 11.4 Å². The molecule has 2 heterocycles. The molecule has 0 atom stereocenters. The van der Waals surface area contributed by atoms with Crippen molar-refractivity contribution in [1.29, 1.82) is 0 Å². The summed E-state index contributed by atoms with van der Waals surface area (Å²) in [5.74, 6) is 0. The van der Waals surface area contributed by atoms with Crippen LogP contribution in [0.3, 0.4) is 0 Å². The summed E-state index contributed by atoms with van der Waals surface area (Å²) in [5.41, 5.74) is 1.82. The van der Waals surface area contributed by atoms with Crippen LogP contribution in [0.5, 0.6) is 0 Å². The number of nitrogens with zero attached hydrogens (tertiary/aromatic N) is 4. The van der Waals surface area contributed by atoms with Crippen molar-refractivity contribution in [2.24, 2.45) is 9.98 Å². The van der Waals surface area contributed by atoms with E-state index < -0.39 is 29.1 Å². The molecular formula is C32H24F6N4. The summed E-state index contributed by atoms with van der Waals surface area (Å²) < 4.78 is 80.0. The van der Waals surface area contributed by atoms with Gasteiger partial charge >= 0.3 is 12.4 Å². The van der Waals surface area contributed by atoms with Gasteiger partial charge in [-0.15, -0.1) is 0 Å². The molecule has 0 bridgehead atoms. The van der Waals surface area contributed by atoms with Gasteiger partial charge in [0.15, 0.2) is 0 Å². The third-order valence-electron chi connectivity index (χ3n) is 8.22. The minimum atomic E-state index is -4.46. The number of hydrogen-bond acceptors (Lipinski definition) is 4. The Morgan fingerprint density at radius 1 is 0.595 bits per heavy atom. The summed E-state index contributed by atoms with van der Waals surface area (Å²) in [6, 6.07) is 21.3. The van der Waals surface area contributed by atoms with Crippen LogP contribution >= 0.6 is 0 Å². The zero-order valence-corrected chi connectivity index (χ0v) is 22.2. The number of para-hydroxylation sites is 2. The Bertz CT molecular complexity index is 1790. The highest BCUT2D eigenvalue weighted by Crippen LogP contribution is 2.47. The molecule has 0 N–H and O–H groups in total. The van der Waals surface area contributed by atoms with Crippen LogP contribution in [0.25, 0.3) is 0 Å². The van der Waals surface area contributed by atoms with Gasteiger partial charge in [-0.3, -0.25) is 4.99 Å². The summed E-state index contributed by atoms with van der Waals surface area (Å²) in [7, 11) is 0. The van der Waals surface area contributed by atoms with Gasteiger partial charge in [-0.1, -0.05) is 18.6 Å². The molecule has 3 aliphatic rings. The topological polar surface area (TPSA) is 31.2 Å². The van der Waals surface area contributed by atoms with Gasteiger partial charge in [0.25, 0.3) is 0 Å². The summed E-state index contributed by atoms with van der Waals surface area (Å²) in [6.45, 7) is 0. The summed E-state index contributed by atoms with van der Waals surface area (Å²) in [5, 5.41) is 1.26. The minimum absolute atomic E-state index is 0.538. The van der Waals surface area contributed by atoms with Crippen molar-refractivity contribution in [2.45, 2.75) is 50.1 Å². The average Bonchev–Trinajstić information content (AvgIpc) is 3.25. The highest BCUT2D eigenvalue weighted by atomic mass is 19.4. The van der Waals surface area contributed by atoms with E-state index in [0.29, 0.717) is 33.5 Å². The average molecular weight is 579 g/mol. The first-order chi connectivity index (χ1) is 20.0. The second kappa shape index (κ2) is 9.34. The Morgan fingerprint density at radius 3 is 1.79 bits per heavy atom. The highest BCUT2D eigenvalue weighted by molar-refractivity contribution is 5.86. The second-order valence-electron chi connectivity index (χ2n) is 10.8. The molecule has 4 aromatic carbocycles. The quantitative estimate of drug-likeness (QED) is 0.196. The molecule has 0 saturated heterocycles. The van der Waals surface area contributed by atoms with E-state index in [1.807, 2.05) is 46.2 Å². The van der Waals surface area contributed by atoms with Crippen LogP contribution in [0.4, 0.5) is 60.5 Å². The molecule has 4 nitrogen and oxygen atoms in total. The Hall–Kier alpha value is -4.34. The van der Waals surface area contributed by atoms with Crippen molar-refractivity contribution < 1.29 is 26.3 Å². The van der Waals surface area contributed by atoms with E-state index in [2.05, 4.69) is 0 Å². The lowest BCUT2D eigenvalue weighted by Gasteiger charge is -2.41. The lowest BCUT2D eigenvalue weighted by atomic mass is 9.88. The van der Waals surface area contributed by atoms with Crippen molar-refractivity contribution in [3.05, 3.63) is 107 Å². The smallest absolute Gasteiger partial charge is 0.314 e. The summed E-state index contributed by atoms with van der Waals surface area (Å²) in [6.07, 6.45) is -4.50. The van der Waals surface area contributed by atoms with Crippen LogP contribution < -0.4 is 20.5 Å². The number of anilines is 5. The predicted molar refractivity (Wildman–Crippen MR) is 147 cm³/mol. The van der Waals surface area contributed by atoms with Gasteiger partial charge in [0.1, 0.15) is 5.66 Å². The van der Waals surface area contributed by atoms with Crippen molar-refractivity contribution in [1.82, 2.24) is 0 Å². The third kappa shape index (κ3) is 4.31. The van der Waals surface area contributed by atoms with Crippen molar-refractivity contribution >= 4 is 34.1 Å². The maximum absolute atomic E-state index is 13.3. The Balaban J connectivity index is 1.41. The lowest BCUT2D eigenvalue weighted by molar-refractivity contribution is -0.138. The van der Waals surface area contributed by atoms with E-state index in [1.165, 1.54) is 24.3 Å². The highest BCUT2D eigenvalue weighted by Gasteiger charge is 2.44. The van der Waals surface area contributed by atoms with Crippen LogP contribution in [0.15, 0.2) is 94.9 Å². The Kier molecular flexibility index (Phi) is 5.90. The van der Waals surface area contributed by atoms with Crippen LogP contribution in [0, 0.1) is 0 Å². The molecular weight excluding hydrogens is 554 g/mol. The number of fused-ring (bicyclic) bond motifs is 3. The van der Waals surface area contributed by atoms with E-state index >= 15 is 0 Å². The normalized spacial score (nSPS) is 17.3. The van der Waals surface area contributed by atoms with Gasteiger partial charge in [-0.2, -0.15) is 26.3 Å². The summed E-state index contributed by atoms with van der Waals surface area (Å²) in [4.78, 5) is 14.0. The van der Waals surface area contributed by atoms with Gasteiger partial charge in [-0.05, 0) is 98.5 Å². The standard InChI is InChI=1S/C32H24F6N4/c33-31(34,35)20-8-12-22(13-9-20)41-27-7-3-2-6-24(27)39-25-18-29-26(19-28(25)41)40-30(16-4-1-5-17-30)42(29)23-14-10-21(11-15-23)32(36,37)38/h2-3,6-15,18-19H,1,4-5,16-17H2. The van der Waals surface area contributed by atoms with E-state index in [1.54, 1.807) is 0 Å². The first-order valence-electron chi connectivity index (χ1n) is 13.7. The first-order valence-corrected chi connectivity index (χ1v) is 13.7. The molecule has 7 rings (SSSR count). The number of alkyl halides is 6. The van der Waals surface area contributed by atoms with Crippen molar-refractivity contribution in [3.63, 3.8) is 0 Å². The maximum atomic E-state index is 13.3. The van der Waals surface area contributed by atoms with Gasteiger partial charge in [-0.25, -0.2) is 4.99 Å². The molecule has 4 aromatic rings. The fraction of sp³-hybridized carbons (Fsp3) is 0.250. The van der Waals surface area contributed by atoms with E-state index in [0.717, 1.165) is 67.7 Å². The molecule has 1 spiro atoms. The fourth-order valence-corrected chi connectivity index (χ4v) is 6.31. The second-order valence-corrected chi connectivity index (χ2v) is 10.8. The lowest BCUT2D eigenvalue weighted by Crippen LogP contribution is -2.43. The van der Waals surface area contributed by atoms with Crippen molar-refractivity contribution in [2.75, 3.05) is 9.80 Å². The summed E-state index contributed by atoms with van der Waals surface area (Å²) >= 11 is 0. The molecule has 0 unspecified atom stereocenters. The minimum Gasteiger partial charge on any atom is -0.314 e. The van der Waals surface area contributed by atoms with Crippen LogP contribution in [-0.2, 0) is 12.4 Å². The van der Waals surface area contributed by atoms with E-state index in [4.69, 9.17) is 9.98 Å². The van der Waals surface area contributed by atoms with Crippen LogP contribution in [0.2, 0.25) is 0 Å². The van der Waals surface area contributed by atoms with Crippen LogP contribution in [0.1, 0.15) is 43.2 Å².